The van der Waals surface area contributed by atoms with Gasteiger partial charge in [0.05, 0.1) is 5.56 Å². The van der Waals surface area contributed by atoms with E-state index in [1.165, 1.54) is 12.1 Å². The molecule has 0 radical (unpaired) electrons. The Morgan fingerprint density at radius 3 is 1.94 bits per heavy atom. The number of hydrogen-bond acceptors (Lipinski definition) is 2. The molecule has 3 N–H and O–H groups in total. The summed E-state index contributed by atoms with van der Waals surface area (Å²) in [5.41, 5.74) is 4.11. The molecule has 17 heavy (non-hydrogen) atoms. The van der Waals surface area contributed by atoms with Crippen molar-refractivity contribution in [2.75, 3.05) is 6.54 Å². The Morgan fingerprint density at radius 1 is 1.12 bits per heavy atom. The Morgan fingerprint density at radius 2 is 1.59 bits per heavy atom. The molecule has 0 spiro atoms. The summed E-state index contributed by atoms with van der Waals surface area (Å²) in [5, 5.41) is 10.3. The van der Waals surface area contributed by atoms with Crippen molar-refractivity contribution >= 4 is 0 Å². The van der Waals surface area contributed by atoms with E-state index >= 15 is 0 Å². The zero-order chi connectivity index (χ0) is 12.7. The van der Waals surface area contributed by atoms with Crippen LogP contribution in [0.4, 0.5) is 13.2 Å². The first-order valence-corrected chi connectivity index (χ1v) is 5.48. The summed E-state index contributed by atoms with van der Waals surface area (Å²) in [6, 6.07) is 4.60. The van der Waals surface area contributed by atoms with E-state index in [1.54, 1.807) is 0 Å². The Balaban J connectivity index is 2.28. The van der Waals surface area contributed by atoms with Gasteiger partial charge in [-0.25, -0.2) is 0 Å². The molecule has 1 atom stereocenters. The third-order valence-corrected chi connectivity index (χ3v) is 3.28. The number of benzene rings is 1. The molecular formula is C12H14F3NO. The van der Waals surface area contributed by atoms with Gasteiger partial charge >= 0.3 is 6.18 Å². The van der Waals surface area contributed by atoms with Crippen LogP contribution in [0, 0.1) is 5.92 Å². The lowest BCUT2D eigenvalue weighted by Crippen LogP contribution is -2.37. The smallest absolute Gasteiger partial charge is 0.384 e. The molecular weight excluding hydrogens is 231 g/mol. The molecule has 1 saturated carbocycles. The average molecular weight is 245 g/mol. The monoisotopic (exact) mass is 245 g/mol. The number of halogens is 3. The van der Waals surface area contributed by atoms with E-state index in [1.807, 2.05) is 0 Å². The van der Waals surface area contributed by atoms with Crippen molar-refractivity contribution in [3.63, 3.8) is 0 Å². The zero-order valence-electron chi connectivity index (χ0n) is 9.17. The fourth-order valence-corrected chi connectivity index (χ4v) is 2.03. The minimum Gasteiger partial charge on any atom is -0.384 e. The fraction of sp³-hybridized carbons (Fsp3) is 0.500. The highest BCUT2D eigenvalue weighted by atomic mass is 19.4. The summed E-state index contributed by atoms with van der Waals surface area (Å²) in [5.74, 6) is 0.0734. The van der Waals surface area contributed by atoms with E-state index in [0.29, 0.717) is 5.56 Å². The number of nitrogens with two attached hydrogens (primary N) is 1. The SMILES string of the molecule is NCC(O)(c1ccc(C(F)(F)F)cc1)C1CC1. The molecule has 0 aromatic heterocycles. The van der Waals surface area contributed by atoms with Crippen molar-refractivity contribution in [1.29, 1.82) is 0 Å². The topological polar surface area (TPSA) is 46.2 Å². The van der Waals surface area contributed by atoms with Gasteiger partial charge in [0.2, 0.25) is 0 Å². The van der Waals surface area contributed by atoms with E-state index in [0.717, 1.165) is 25.0 Å². The molecule has 1 aromatic carbocycles. The van der Waals surface area contributed by atoms with Crippen molar-refractivity contribution in [2.45, 2.75) is 24.6 Å². The minimum atomic E-state index is -4.35. The second kappa shape index (κ2) is 3.99. The van der Waals surface area contributed by atoms with Gasteiger partial charge in [0.1, 0.15) is 5.60 Å². The van der Waals surface area contributed by atoms with Gasteiger partial charge in [-0.2, -0.15) is 13.2 Å². The second-order valence-electron chi connectivity index (χ2n) is 4.48. The molecule has 94 valence electrons. The molecule has 0 bridgehead atoms. The lowest BCUT2D eigenvalue weighted by atomic mass is 9.88. The van der Waals surface area contributed by atoms with Crippen LogP contribution in [-0.4, -0.2) is 11.7 Å². The number of alkyl halides is 3. The van der Waals surface area contributed by atoms with Crippen LogP contribution in [0.3, 0.4) is 0 Å². The molecule has 0 saturated heterocycles. The molecule has 0 amide bonds. The molecule has 5 heteroatoms. The predicted molar refractivity (Wildman–Crippen MR) is 57.1 cm³/mol. The van der Waals surface area contributed by atoms with E-state index < -0.39 is 17.3 Å². The summed E-state index contributed by atoms with van der Waals surface area (Å²) in [6.45, 7) is 0.0308. The summed E-state index contributed by atoms with van der Waals surface area (Å²) < 4.78 is 37.1. The maximum Gasteiger partial charge on any atom is 0.416 e. The molecule has 1 fully saturated rings. The van der Waals surface area contributed by atoms with Crippen molar-refractivity contribution in [1.82, 2.24) is 0 Å². The predicted octanol–water partition coefficient (Wildman–Crippen LogP) is 2.26. The first kappa shape index (κ1) is 12.4. The normalized spacial score (nSPS) is 20.1. The van der Waals surface area contributed by atoms with Crippen molar-refractivity contribution in [2.24, 2.45) is 11.7 Å². The summed E-state index contributed by atoms with van der Waals surface area (Å²) in [4.78, 5) is 0. The minimum absolute atomic E-state index is 0.0308. The van der Waals surface area contributed by atoms with Crippen LogP contribution in [0.25, 0.3) is 0 Å². The highest BCUT2D eigenvalue weighted by Gasteiger charge is 2.44. The fourth-order valence-electron chi connectivity index (χ4n) is 2.03. The third-order valence-electron chi connectivity index (χ3n) is 3.28. The van der Waals surface area contributed by atoms with Crippen LogP contribution in [-0.2, 0) is 11.8 Å². The quantitative estimate of drug-likeness (QED) is 0.858. The largest absolute Gasteiger partial charge is 0.416 e. The molecule has 2 rings (SSSR count). The zero-order valence-corrected chi connectivity index (χ0v) is 9.17. The molecule has 0 heterocycles. The van der Waals surface area contributed by atoms with Crippen molar-refractivity contribution in [3.05, 3.63) is 35.4 Å². The van der Waals surface area contributed by atoms with E-state index in [2.05, 4.69) is 0 Å². The lowest BCUT2D eigenvalue weighted by Gasteiger charge is -2.27. The Bertz CT molecular complexity index is 397. The second-order valence-corrected chi connectivity index (χ2v) is 4.48. The van der Waals surface area contributed by atoms with Crippen LogP contribution in [0.5, 0.6) is 0 Å². The van der Waals surface area contributed by atoms with Crippen LogP contribution in [0.2, 0.25) is 0 Å². The van der Waals surface area contributed by atoms with Gasteiger partial charge in [0.15, 0.2) is 0 Å². The van der Waals surface area contributed by atoms with E-state index in [9.17, 15) is 18.3 Å². The highest BCUT2D eigenvalue weighted by Crippen LogP contribution is 2.45. The first-order chi connectivity index (χ1) is 7.88. The maximum absolute atomic E-state index is 12.4. The molecule has 2 nitrogen and oxygen atoms in total. The Kier molecular flexibility index (Phi) is 2.91. The first-order valence-electron chi connectivity index (χ1n) is 5.48. The average Bonchev–Trinajstić information content (AvgIpc) is 3.11. The molecule has 1 aliphatic rings. The molecule has 1 unspecified atom stereocenters. The van der Waals surface area contributed by atoms with Gasteiger partial charge in [0.25, 0.3) is 0 Å². The highest BCUT2D eigenvalue weighted by molar-refractivity contribution is 5.30. The van der Waals surface area contributed by atoms with Gasteiger partial charge < -0.3 is 10.8 Å². The molecule has 0 aliphatic heterocycles. The van der Waals surface area contributed by atoms with Gasteiger partial charge in [-0.3, -0.25) is 0 Å². The number of hydrogen-bond donors (Lipinski definition) is 2. The van der Waals surface area contributed by atoms with Gasteiger partial charge in [0, 0.05) is 6.54 Å². The van der Waals surface area contributed by atoms with Crippen LogP contribution < -0.4 is 5.73 Å². The molecule has 1 aromatic rings. The number of aliphatic hydroxyl groups is 1. The number of rotatable bonds is 3. The Labute approximate surface area is 97.2 Å². The standard InChI is InChI=1S/C12H14F3NO/c13-12(14,15)10-5-3-9(4-6-10)11(17,7-16)8-1-2-8/h3-6,8,17H,1-2,7,16H2. The van der Waals surface area contributed by atoms with Gasteiger partial charge in [-0.05, 0) is 36.5 Å². The van der Waals surface area contributed by atoms with E-state index in [4.69, 9.17) is 5.73 Å². The summed E-state index contributed by atoms with van der Waals surface area (Å²) in [7, 11) is 0. The lowest BCUT2D eigenvalue weighted by molar-refractivity contribution is -0.137. The van der Waals surface area contributed by atoms with Gasteiger partial charge in [-0.15, -0.1) is 0 Å². The van der Waals surface area contributed by atoms with E-state index in [-0.39, 0.29) is 12.5 Å². The van der Waals surface area contributed by atoms with Gasteiger partial charge in [-0.1, -0.05) is 12.1 Å². The molecule has 1 aliphatic carbocycles. The Hall–Kier alpha value is -1.07. The van der Waals surface area contributed by atoms with Crippen LogP contribution in [0.15, 0.2) is 24.3 Å². The van der Waals surface area contributed by atoms with Crippen molar-refractivity contribution in [3.8, 4) is 0 Å². The third kappa shape index (κ3) is 2.30. The maximum atomic E-state index is 12.4. The van der Waals surface area contributed by atoms with Crippen molar-refractivity contribution < 1.29 is 18.3 Å². The summed E-state index contributed by atoms with van der Waals surface area (Å²) >= 11 is 0. The summed E-state index contributed by atoms with van der Waals surface area (Å²) in [6.07, 6.45) is -2.61. The van der Waals surface area contributed by atoms with Crippen LogP contribution in [0.1, 0.15) is 24.0 Å². The van der Waals surface area contributed by atoms with Crippen LogP contribution >= 0.6 is 0 Å².